The average molecular weight is 556 g/mol. The van der Waals surface area contributed by atoms with Gasteiger partial charge in [-0.05, 0) is 61.2 Å². The lowest BCUT2D eigenvalue weighted by Gasteiger charge is -2.26. The van der Waals surface area contributed by atoms with Crippen molar-refractivity contribution in [3.8, 4) is 0 Å². The first-order valence-corrected chi connectivity index (χ1v) is 12.7. The third-order valence-corrected chi connectivity index (χ3v) is 6.53. The highest BCUT2D eigenvalue weighted by Crippen LogP contribution is 2.26. The molecule has 4 aromatic rings. The second-order valence-electron chi connectivity index (χ2n) is 10.1. The van der Waals surface area contributed by atoms with E-state index in [0.29, 0.717) is 36.6 Å². The molecular weight excluding hydrogens is 526 g/mol. The molecule has 1 amide bonds. The summed E-state index contributed by atoms with van der Waals surface area (Å²) in [6, 6.07) is 7.93. The Morgan fingerprint density at radius 3 is 2.86 bits per heavy atom. The quantitative estimate of drug-likeness (QED) is 0.365. The highest BCUT2D eigenvalue weighted by molar-refractivity contribution is 9.10. The minimum absolute atomic E-state index is 0.294. The summed E-state index contributed by atoms with van der Waals surface area (Å²) < 4.78 is 7.96. The molecule has 1 saturated heterocycles. The molecule has 12 heteroatoms. The van der Waals surface area contributed by atoms with Crippen molar-refractivity contribution in [3.63, 3.8) is 0 Å². The number of halogens is 1. The van der Waals surface area contributed by atoms with Gasteiger partial charge in [0.1, 0.15) is 11.4 Å². The molecule has 1 fully saturated rings. The van der Waals surface area contributed by atoms with Crippen molar-refractivity contribution in [1.82, 2.24) is 34.4 Å². The van der Waals surface area contributed by atoms with Gasteiger partial charge in [-0.15, -0.1) is 0 Å². The number of H-pyrrole nitrogens is 1. The first-order chi connectivity index (χ1) is 17.2. The summed E-state index contributed by atoms with van der Waals surface area (Å²) in [5, 5.41) is 7.78. The topological polar surface area (TPSA) is 117 Å². The fourth-order valence-electron chi connectivity index (χ4n) is 4.31. The Labute approximate surface area is 217 Å². The largest absolute Gasteiger partial charge is 0.444 e. The minimum Gasteiger partial charge on any atom is -0.444 e. The number of fused-ring (bicyclic) bond motifs is 2. The molecule has 4 heterocycles. The van der Waals surface area contributed by atoms with Gasteiger partial charge in [0.05, 0.1) is 28.2 Å². The van der Waals surface area contributed by atoms with Crippen molar-refractivity contribution in [2.75, 3.05) is 36.9 Å². The summed E-state index contributed by atoms with van der Waals surface area (Å²) in [6.07, 6.45) is 2.34. The molecule has 2 N–H and O–H groups in total. The number of carbonyl (C=O) groups excluding carboxylic acids is 1. The molecule has 0 unspecified atom stereocenters. The number of para-hydroxylation sites is 2. The maximum absolute atomic E-state index is 12.4. The van der Waals surface area contributed by atoms with E-state index in [9.17, 15) is 4.79 Å². The fourth-order valence-corrected chi connectivity index (χ4v) is 4.66. The number of aromatic amines is 1. The molecule has 0 saturated carbocycles. The normalized spacial score (nSPS) is 16.1. The van der Waals surface area contributed by atoms with Crippen molar-refractivity contribution in [2.24, 2.45) is 5.92 Å². The summed E-state index contributed by atoms with van der Waals surface area (Å²) in [5.74, 6) is 2.30. The highest BCUT2D eigenvalue weighted by Gasteiger charge is 2.29. The third-order valence-electron chi connectivity index (χ3n) is 5.97. The molecule has 1 aromatic carbocycles. The van der Waals surface area contributed by atoms with Gasteiger partial charge in [0.25, 0.3) is 0 Å². The van der Waals surface area contributed by atoms with Crippen molar-refractivity contribution < 1.29 is 9.53 Å². The summed E-state index contributed by atoms with van der Waals surface area (Å²) in [6.45, 7) is 8.24. The predicted octanol–water partition coefficient (Wildman–Crippen LogP) is 4.07. The van der Waals surface area contributed by atoms with E-state index in [1.165, 1.54) is 0 Å². The number of aromatic nitrogens is 6. The Morgan fingerprint density at radius 2 is 2.08 bits per heavy atom. The SMILES string of the molecule is CN(C[C@H]1CCN(c2nc(NCc3nc4ccccc4[nH]3)n3ncc(Br)c3n2)C1)C(=O)OC(C)(C)C. The monoisotopic (exact) mass is 555 g/mol. The molecule has 0 radical (unpaired) electrons. The maximum Gasteiger partial charge on any atom is 0.410 e. The van der Waals surface area contributed by atoms with Crippen LogP contribution in [0.2, 0.25) is 0 Å². The van der Waals surface area contributed by atoms with Crippen LogP contribution in [0, 0.1) is 5.92 Å². The molecule has 11 nitrogen and oxygen atoms in total. The zero-order valence-corrected chi connectivity index (χ0v) is 22.4. The van der Waals surface area contributed by atoms with E-state index in [1.54, 1.807) is 22.7 Å². The lowest BCUT2D eigenvalue weighted by molar-refractivity contribution is 0.0277. The molecular formula is C24H30BrN9O2. The first-order valence-electron chi connectivity index (χ1n) is 11.9. The van der Waals surface area contributed by atoms with E-state index < -0.39 is 5.60 Å². The van der Waals surface area contributed by atoms with Crippen LogP contribution in [0.15, 0.2) is 34.9 Å². The molecule has 190 valence electrons. The van der Waals surface area contributed by atoms with Crippen LogP contribution in [0.5, 0.6) is 0 Å². The van der Waals surface area contributed by atoms with Gasteiger partial charge in [-0.1, -0.05) is 12.1 Å². The molecule has 3 aromatic heterocycles. The molecule has 0 aliphatic carbocycles. The molecule has 1 aliphatic heterocycles. The van der Waals surface area contributed by atoms with Crippen LogP contribution in [-0.2, 0) is 11.3 Å². The number of nitrogens with zero attached hydrogens (tertiary/aromatic N) is 7. The lowest BCUT2D eigenvalue weighted by Crippen LogP contribution is -2.37. The second kappa shape index (κ2) is 9.57. The van der Waals surface area contributed by atoms with E-state index in [1.807, 2.05) is 45.0 Å². The van der Waals surface area contributed by atoms with Gasteiger partial charge < -0.3 is 24.8 Å². The number of imidazole rings is 1. The number of hydrogen-bond acceptors (Lipinski definition) is 8. The van der Waals surface area contributed by atoms with Gasteiger partial charge >= 0.3 is 6.09 Å². The van der Waals surface area contributed by atoms with Gasteiger partial charge in [0, 0.05) is 26.7 Å². The van der Waals surface area contributed by atoms with E-state index in [4.69, 9.17) is 14.7 Å². The van der Waals surface area contributed by atoms with Gasteiger partial charge in [-0.25, -0.2) is 9.78 Å². The van der Waals surface area contributed by atoms with Crippen molar-refractivity contribution in [3.05, 3.63) is 40.8 Å². The zero-order chi connectivity index (χ0) is 25.4. The number of carbonyl (C=O) groups is 1. The number of ether oxygens (including phenoxy) is 1. The number of benzene rings is 1. The molecule has 5 rings (SSSR count). The Kier molecular flexibility index (Phi) is 6.45. The second-order valence-corrected chi connectivity index (χ2v) is 10.9. The Hall–Kier alpha value is -3.41. The third kappa shape index (κ3) is 5.23. The summed E-state index contributed by atoms with van der Waals surface area (Å²) in [7, 11) is 1.78. The van der Waals surface area contributed by atoms with Crippen LogP contribution in [0.1, 0.15) is 33.0 Å². The van der Waals surface area contributed by atoms with Crippen molar-refractivity contribution in [2.45, 2.75) is 39.3 Å². The number of amides is 1. The standard InChI is InChI=1S/C24H30BrN9O2/c1-24(2,3)36-23(35)32(4)13-15-9-10-33(14-15)22-30-20-16(25)11-27-34(20)21(31-22)26-12-19-28-17-7-5-6-8-18(17)29-19/h5-8,11,15H,9-10,12-14H2,1-4H3,(H,28,29)(H,26,30,31)/t15-/m1/s1. The Morgan fingerprint density at radius 1 is 1.28 bits per heavy atom. The van der Waals surface area contributed by atoms with Crippen LogP contribution < -0.4 is 10.2 Å². The Balaban J connectivity index is 1.30. The number of hydrogen-bond donors (Lipinski definition) is 2. The van der Waals surface area contributed by atoms with Gasteiger partial charge in [0.15, 0.2) is 5.65 Å². The van der Waals surface area contributed by atoms with Crippen molar-refractivity contribution >= 4 is 50.6 Å². The number of anilines is 2. The molecule has 36 heavy (non-hydrogen) atoms. The molecule has 0 bridgehead atoms. The minimum atomic E-state index is -0.513. The van der Waals surface area contributed by atoms with Gasteiger partial charge in [0.2, 0.25) is 11.9 Å². The highest BCUT2D eigenvalue weighted by atomic mass is 79.9. The molecule has 1 aliphatic rings. The van der Waals surface area contributed by atoms with E-state index in [-0.39, 0.29) is 6.09 Å². The summed E-state index contributed by atoms with van der Waals surface area (Å²) in [4.78, 5) is 33.7. The Bertz CT molecular complexity index is 1360. The summed E-state index contributed by atoms with van der Waals surface area (Å²) in [5.41, 5.74) is 2.08. The van der Waals surface area contributed by atoms with Crippen LogP contribution in [0.4, 0.5) is 16.7 Å². The molecule has 1 atom stereocenters. The first kappa shape index (κ1) is 24.3. The predicted molar refractivity (Wildman–Crippen MR) is 141 cm³/mol. The summed E-state index contributed by atoms with van der Waals surface area (Å²) >= 11 is 3.55. The maximum atomic E-state index is 12.4. The van der Waals surface area contributed by atoms with Crippen LogP contribution in [0.3, 0.4) is 0 Å². The van der Waals surface area contributed by atoms with E-state index in [2.05, 4.69) is 41.2 Å². The fraction of sp³-hybridized carbons (Fsp3) is 0.458. The van der Waals surface area contributed by atoms with Crippen LogP contribution in [0.25, 0.3) is 16.7 Å². The van der Waals surface area contributed by atoms with Crippen LogP contribution in [-0.4, -0.2) is 72.8 Å². The number of rotatable bonds is 6. The average Bonchev–Trinajstić information content (AvgIpc) is 3.55. The molecule has 0 spiro atoms. The zero-order valence-electron chi connectivity index (χ0n) is 20.8. The van der Waals surface area contributed by atoms with Crippen molar-refractivity contribution in [1.29, 1.82) is 0 Å². The van der Waals surface area contributed by atoms with Gasteiger partial charge in [-0.3, -0.25) is 0 Å². The lowest BCUT2D eigenvalue weighted by atomic mass is 10.1. The smallest absolute Gasteiger partial charge is 0.410 e. The van der Waals surface area contributed by atoms with Crippen LogP contribution >= 0.6 is 15.9 Å². The van der Waals surface area contributed by atoms with E-state index in [0.717, 1.165) is 40.8 Å². The van der Waals surface area contributed by atoms with Gasteiger partial charge in [-0.2, -0.15) is 19.6 Å². The number of nitrogens with one attached hydrogen (secondary N) is 2. The van der Waals surface area contributed by atoms with E-state index >= 15 is 0 Å².